The lowest BCUT2D eigenvalue weighted by molar-refractivity contribution is -0.118. The minimum Gasteiger partial charge on any atom is -0.388 e. The molecule has 0 bridgehead atoms. The SMILES string of the molecule is Cc1cc(NC(=O)CC(O)c2ccccc2)c2ncccc2c1. The Balaban J connectivity index is 1.78. The zero-order valence-corrected chi connectivity index (χ0v) is 12.9. The van der Waals surface area contributed by atoms with Crippen molar-refractivity contribution in [1.29, 1.82) is 0 Å². The van der Waals surface area contributed by atoms with Crippen LogP contribution in [0.3, 0.4) is 0 Å². The van der Waals surface area contributed by atoms with Gasteiger partial charge in [0.15, 0.2) is 0 Å². The quantitative estimate of drug-likeness (QED) is 0.774. The van der Waals surface area contributed by atoms with Gasteiger partial charge >= 0.3 is 0 Å². The summed E-state index contributed by atoms with van der Waals surface area (Å²) in [6, 6.07) is 16.9. The Hall–Kier alpha value is -2.72. The number of nitrogens with one attached hydrogen (secondary N) is 1. The van der Waals surface area contributed by atoms with Gasteiger partial charge in [-0.15, -0.1) is 0 Å². The second kappa shape index (κ2) is 6.58. The van der Waals surface area contributed by atoms with Crippen LogP contribution in [0.2, 0.25) is 0 Å². The highest BCUT2D eigenvalue weighted by atomic mass is 16.3. The molecule has 0 aliphatic rings. The highest BCUT2D eigenvalue weighted by Crippen LogP contribution is 2.24. The number of aromatic nitrogens is 1. The summed E-state index contributed by atoms with van der Waals surface area (Å²) in [6.45, 7) is 1.97. The molecule has 0 radical (unpaired) electrons. The molecule has 1 heterocycles. The molecular formula is C19H18N2O2. The standard InChI is InChI=1S/C19H18N2O2/c1-13-10-15-8-5-9-20-19(15)16(11-13)21-18(23)12-17(22)14-6-3-2-4-7-14/h2-11,17,22H,12H2,1H3,(H,21,23). The first kappa shape index (κ1) is 15.2. The summed E-state index contributed by atoms with van der Waals surface area (Å²) in [5.41, 5.74) is 3.20. The summed E-state index contributed by atoms with van der Waals surface area (Å²) >= 11 is 0. The van der Waals surface area contributed by atoms with Crippen LogP contribution in [0.1, 0.15) is 23.7 Å². The number of anilines is 1. The molecule has 0 aliphatic carbocycles. The Morgan fingerprint density at radius 2 is 1.96 bits per heavy atom. The highest BCUT2D eigenvalue weighted by molar-refractivity contribution is 6.00. The van der Waals surface area contributed by atoms with Gasteiger partial charge in [0.25, 0.3) is 0 Å². The van der Waals surface area contributed by atoms with E-state index < -0.39 is 6.10 Å². The molecule has 2 N–H and O–H groups in total. The molecule has 0 fully saturated rings. The van der Waals surface area contributed by atoms with E-state index in [-0.39, 0.29) is 12.3 Å². The van der Waals surface area contributed by atoms with Crippen LogP contribution in [-0.4, -0.2) is 16.0 Å². The summed E-state index contributed by atoms with van der Waals surface area (Å²) < 4.78 is 0. The molecule has 1 atom stereocenters. The van der Waals surface area contributed by atoms with Gasteiger partial charge in [-0.25, -0.2) is 0 Å². The molecule has 1 unspecified atom stereocenters. The predicted octanol–water partition coefficient (Wildman–Crippen LogP) is 3.61. The number of hydrogen-bond acceptors (Lipinski definition) is 3. The van der Waals surface area contributed by atoms with Crippen molar-refractivity contribution in [3.63, 3.8) is 0 Å². The molecule has 2 aromatic carbocycles. The first-order valence-electron chi connectivity index (χ1n) is 7.52. The maximum atomic E-state index is 12.3. The Morgan fingerprint density at radius 1 is 1.17 bits per heavy atom. The number of amides is 1. The van der Waals surface area contributed by atoms with Crippen molar-refractivity contribution >= 4 is 22.5 Å². The van der Waals surface area contributed by atoms with Gasteiger partial charge in [0.05, 0.1) is 23.7 Å². The van der Waals surface area contributed by atoms with Gasteiger partial charge in [0.1, 0.15) is 0 Å². The van der Waals surface area contributed by atoms with Gasteiger partial charge in [-0.2, -0.15) is 0 Å². The second-order valence-corrected chi connectivity index (χ2v) is 5.57. The third-order valence-electron chi connectivity index (χ3n) is 3.69. The molecule has 0 aliphatic heterocycles. The number of aliphatic hydroxyl groups is 1. The van der Waals surface area contributed by atoms with Crippen LogP contribution in [0, 0.1) is 6.92 Å². The van der Waals surface area contributed by atoms with Gasteiger partial charge < -0.3 is 10.4 Å². The summed E-state index contributed by atoms with van der Waals surface area (Å²) in [5, 5.41) is 14.0. The van der Waals surface area contributed by atoms with Crippen LogP contribution in [0.5, 0.6) is 0 Å². The number of aliphatic hydroxyl groups excluding tert-OH is 1. The number of carbonyl (C=O) groups is 1. The molecule has 116 valence electrons. The van der Waals surface area contributed by atoms with Crippen molar-refractivity contribution in [3.05, 3.63) is 71.9 Å². The first-order valence-corrected chi connectivity index (χ1v) is 7.52. The third kappa shape index (κ3) is 3.55. The molecule has 4 nitrogen and oxygen atoms in total. The van der Waals surface area contributed by atoms with Gasteiger partial charge in [0, 0.05) is 11.6 Å². The first-order chi connectivity index (χ1) is 11.1. The van der Waals surface area contributed by atoms with Crippen LogP contribution in [-0.2, 0) is 4.79 Å². The third-order valence-corrected chi connectivity index (χ3v) is 3.69. The van der Waals surface area contributed by atoms with E-state index in [9.17, 15) is 9.90 Å². The average molecular weight is 306 g/mol. The fraction of sp³-hybridized carbons (Fsp3) is 0.158. The lowest BCUT2D eigenvalue weighted by Gasteiger charge is -2.13. The number of aryl methyl sites for hydroxylation is 1. The number of nitrogens with zero attached hydrogens (tertiary/aromatic N) is 1. The lowest BCUT2D eigenvalue weighted by atomic mass is 10.1. The van der Waals surface area contributed by atoms with E-state index in [0.717, 1.165) is 22.0 Å². The Labute approximate surface area is 134 Å². The van der Waals surface area contributed by atoms with Gasteiger partial charge in [-0.1, -0.05) is 36.4 Å². The minimum absolute atomic E-state index is 0.00623. The Morgan fingerprint density at radius 3 is 2.74 bits per heavy atom. The molecule has 0 spiro atoms. The number of hydrogen-bond donors (Lipinski definition) is 2. The smallest absolute Gasteiger partial charge is 0.227 e. The van der Waals surface area contributed by atoms with E-state index >= 15 is 0 Å². The molecule has 1 aromatic heterocycles. The molecule has 3 rings (SSSR count). The maximum absolute atomic E-state index is 12.3. The summed E-state index contributed by atoms with van der Waals surface area (Å²) in [4.78, 5) is 16.6. The van der Waals surface area contributed by atoms with E-state index in [2.05, 4.69) is 10.3 Å². The van der Waals surface area contributed by atoms with Crippen LogP contribution in [0.4, 0.5) is 5.69 Å². The van der Waals surface area contributed by atoms with Crippen molar-refractivity contribution in [1.82, 2.24) is 4.98 Å². The van der Waals surface area contributed by atoms with Gasteiger partial charge in [-0.05, 0) is 36.2 Å². The Kier molecular flexibility index (Phi) is 4.35. The monoisotopic (exact) mass is 306 g/mol. The molecule has 1 amide bonds. The number of carbonyl (C=O) groups excluding carboxylic acids is 1. The van der Waals surface area contributed by atoms with Gasteiger partial charge in [0.2, 0.25) is 5.91 Å². The number of rotatable bonds is 4. The van der Waals surface area contributed by atoms with Crippen molar-refractivity contribution in [2.45, 2.75) is 19.4 Å². The fourth-order valence-corrected chi connectivity index (χ4v) is 2.61. The van der Waals surface area contributed by atoms with Crippen LogP contribution in [0.25, 0.3) is 10.9 Å². The molecule has 4 heteroatoms. The van der Waals surface area contributed by atoms with Crippen LogP contribution in [0.15, 0.2) is 60.8 Å². The van der Waals surface area contributed by atoms with Crippen molar-refractivity contribution in [3.8, 4) is 0 Å². The van der Waals surface area contributed by atoms with Crippen LogP contribution >= 0.6 is 0 Å². The number of fused-ring (bicyclic) bond motifs is 1. The topological polar surface area (TPSA) is 62.2 Å². The number of pyridine rings is 1. The fourth-order valence-electron chi connectivity index (χ4n) is 2.61. The second-order valence-electron chi connectivity index (χ2n) is 5.57. The summed E-state index contributed by atoms with van der Waals surface area (Å²) in [7, 11) is 0. The predicted molar refractivity (Wildman–Crippen MR) is 91.1 cm³/mol. The van der Waals surface area contributed by atoms with E-state index in [4.69, 9.17) is 0 Å². The molecule has 23 heavy (non-hydrogen) atoms. The van der Waals surface area contributed by atoms with Gasteiger partial charge in [-0.3, -0.25) is 9.78 Å². The number of benzene rings is 2. The van der Waals surface area contributed by atoms with E-state index in [1.807, 2.05) is 61.5 Å². The largest absolute Gasteiger partial charge is 0.388 e. The van der Waals surface area contributed by atoms with E-state index in [1.54, 1.807) is 6.20 Å². The Bertz CT molecular complexity index is 831. The lowest BCUT2D eigenvalue weighted by Crippen LogP contribution is -2.16. The molecular weight excluding hydrogens is 288 g/mol. The zero-order chi connectivity index (χ0) is 16.2. The van der Waals surface area contributed by atoms with E-state index in [1.165, 1.54) is 0 Å². The normalized spacial score (nSPS) is 12.1. The molecule has 3 aromatic rings. The molecule has 0 saturated carbocycles. The maximum Gasteiger partial charge on any atom is 0.227 e. The zero-order valence-electron chi connectivity index (χ0n) is 12.9. The average Bonchev–Trinajstić information content (AvgIpc) is 2.55. The van der Waals surface area contributed by atoms with Crippen molar-refractivity contribution in [2.75, 3.05) is 5.32 Å². The summed E-state index contributed by atoms with van der Waals surface area (Å²) in [6.07, 6.45) is 0.888. The highest BCUT2D eigenvalue weighted by Gasteiger charge is 2.14. The summed E-state index contributed by atoms with van der Waals surface area (Å²) in [5.74, 6) is -0.237. The minimum atomic E-state index is -0.819. The van der Waals surface area contributed by atoms with Crippen molar-refractivity contribution < 1.29 is 9.90 Å². The van der Waals surface area contributed by atoms with E-state index in [0.29, 0.717) is 5.69 Å². The van der Waals surface area contributed by atoms with Crippen LogP contribution < -0.4 is 5.32 Å². The van der Waals surface area contributed by atoms with Crippen molar-refractivity contribution in [2.24, 2.45) is 0 Å². The molecule has 0 saturated heterocycles.